The first-order valence-corrected chi connectivity index (χ1v) is 12.3. The maximum Gasteiger partial charge on any atom is 0.341 e. The number of hydrogen-bond donors (Lipinski definition) is 1. The predicted octanol–water partition coefficient (Wildman–Crippen LogP) is 4.78. The molecule has 11 heteroatoms. The number of thioether (sulfide) groups is 1. The standard InChI is InChI=1S/C24H21FN4O4S2/c1-29-19(12-33-17-10-8-16(25)9-11-17)27-28-24(29)35-14-20(30)26-22-21(23(31)32-2)18(13-34-22)15-6-4-3-5-7-15/h3-11,13H,12,14H2,1-2H3,(H,26,30). The molecule has 4 aromatic rings. The second kappa shape index (κ2) is 11.2. The third-order valence-electron chi connectivity index (χ3n) is 4.96. The van der Waals surface area contributed by atoms with Gasteiger partial charge in [0, 0.05) is 18.0 Å². The predicted molar refractivity (Wildman–Crippen MR) is 132 cm³/mol. The smallest absolute Gasteiger partial charge is 0.341 e. The summed E-state index contributed by atoms with van der Waals surface area (Å²) < 4.78 is 25.3. The zero-order valence-electron chi connectivity index (χ0n) is 18.9. The fraction of sp³-hybridized carbons (Fsp3) is 0.167. The van der Waals surface area contributed by atoms with E-state index in [4.69, 9.17) is 9.47 Å². The molecule has 180 valence electrons. The van der Waals surface area contributed by atoms with Crippen LogP contribution in [0.4, 0.5) is 9.39 Å². The van der Waals surface area contributed by atoms with Crippen LogP contribution in [-0.2, 0) is 23.2 Å². The average molecular weight is 513 g/mol. The Morgan fingerprint density at radius 1 is 1.11 bits per heavy atom. The number of nitrogens with one attached hydrogen (secondary N) is 1. The van der Waals surface area contributed by atoms with Crippen molar-refractivity contribution in [1.82, 2.24) is 14.8 Å². The van der Waals surface area contributed by atoms with Crippen LogP contribution in [0.3, 0.4) is 0 Å². The van der Waals surface area contributed by atoms with Crippen molar-refractivity contribution in [3.05, 3.63) is 77.2 Å². The Balaban J connectivity index is 1.39. The minimum Gasteiger partial charge on any atom is -0.486 e. The summed E-state index contributed by atoms with van der Waals surface area (Å²) in [7, 11) is 3.08. The number of thiophene rings is 1. The number of amides is 1. The first kappa shape index (κ1) is 24.4. The topological polar surface area (TPSA) is 95.3 Å². The van der Waals surface area contributed by atoms with Gasteiger partial charge in [0.05, 0.1) is 12.9 Å². The number of carbonyl (C=O) groups excluding carboxylic acids is 2. The highest BCUT2D eigenvalue weighted by molar-refractivity contribution is 7.99. The van der Waals surface area contributed by atoms with Gasteiger partial charge in [-0.1, -0.05) is 42.1 Å². The van der Waals surface area contributed by atoms with Gasteiger partial charge in [-0.3, -0.25) is 4.79 Å². The highest BCUT2D eigenvalue weighted by atomic mass is 32.2. The van der Waals surface area contributed by atoms with Gasteiger partial charge < -0.3 is 19.4 Å². The number of esters is 1. The monoisotopic (exact) mass is 512 g/mol. The third kappa shape index (κ3) is 5.87. The maximum atomic E-state index is 13.0. The number of nitrogens with zero attached hydrogens (tertiary/aromatic N) is 3. The molecule has 0 saturated carbocycles. The Labute approximate surface area is 209 Å². The summed E-state index contributed by atoms with van der Waals surface area (Å²) in [5, 5.41) is 13.8. The largest absolute Gasteiger partial charge is 0.486 e. The maximum absolute atomic E-state index is 13.0. The molecule has 1 amide bonds. The molecule has 0 fully saturated rings. The highest BCUT2D eigenvalue weighted by Crippen LogP contribution is 2.36. The molecule has 8 nitrogen and oxygen atoms in total. The van der Waals surface area contributed by atoms with E-state index in [9.17, 15) is 14.0 Å². The number of halogens is 1. The van der Waals surface area contributed by atoms with Crippen LogP contribution in [0.15, 0.2) is 65.1 Å². The molecule has 0 aliphatic carbocycles. The Bertz CT molecular complexity index is 1320. The Kier molecular flexibility index (Phi) is 7.78. The molecule has 2 aromatic heterocycles. The Morgan fingerprint density at radius 3 is 2.57 bits per heavy atom. The van der Waals surface area contributed by atoms with Crippen molar-refractivity contribution in [2.45, 2.75) is 11.8 Å². The second-order valence-corrected chi connectivity index (χ2v) is 9.07. The lowest BCUT2D eigenvalue weighted by molar-refractivity contribution is -0.113. The quantitative estimate of drug-likeness (QED) is 0.255. The number of methoxy groups -OCH3 is 1. The molecule has 2 aromatic carbocycles. The summed E-state index contributed by atoms with van der Waals surface area (Å²) in [6, 6.07) is 15.1. The second-order valence-electron chi connectivity index (χ2n) is 7.25. The van der Waals surface area contributed by atoms with Crippen LogP contribution in [0.25, 0.3) is 11.1 Å². The number of ether oxygens (including phenoxy) is 2. The molecular weight excluding hydrogens is 491 g/mol. The van der Waals surface area contributed by atoms with Gasteiger partial charge in [0.1, 0.15) is 28.7 Å². The zero-order valence-corrected chi connectivity index (χ0v) is 20.5. The van der Waals surface area contributed by atoms with Gasteiger partial charge >= 0.3 is 5.97 Å². The molecule has 0 spiro atoms. The van der Waals surface area contributed by atoms with Gasteiger partial charge in [-0.15, -0.1) is 21.5 Å². The van der Waals surface area contributed by atoms with Crippen molar-refractivity contribution in [3.63, 3.8) is 0 Å². The van der Waals surface area contributed by atoms with Crippen LogP contribution >= 0.6 is 23.1 Å². The van der Waals surface area contributed by atoms with Crippen molar-refractivity contribution in [1.29, 1.82) is 0 Å². The van der Waals surface area contributed by atoms with E-state index < -0.39 is 5.97 Å². The molecule has 1 N–H and O–H groups in total. The SMILES string of the molecule is COC(=O)c1c(-c2ccccc2)csc1NC(=O)CSc1nnc(COc2ccc(F)cc2)n1C. The van der Waals surface area contributed by atoms with Crippen LogP contribution in [0.2, 0.25) is 0 Å². The highest BCUT2D eigenvalue weighted by Gasteiger charge is 2.22. The number of benzene rings is 2. The lowest BCUT2D eigenvalue weighted by atomic mass is 10.0. The van der Waals surface area contributed by atoms with E-state index in [0.717, 1.165) is 5.56 Å². The van der Waals surface area contributed by atoms with Gasteiger partial charge in [0.15, 0.2) is 11.0 Å². The lowest BCUT2D eigenvalue weighted by Crippen LogP contribution is -2.16. The third-order valence-corrected chi connectivity index (χ3v) is 6.87. The molecule has 0 aliphatic rings. The van der Waals surface area contributed by atoms with E-state index in [2.05, 4.69) is 15.5 Å². The van der Waals surface area contributed by atoms with E-state index in [1.807, 2.05) is 35.7 Å². The van der Waals surface area contributed by atoms with Crippen LogP contribution in [0, 0.1) is 5.82 Å². The van der Waals surface area contributed by atoms with Gasteiger partial charge in [-0.2, -0.15) is 0 Å². The number of aromatic nitrogens is 3. The summed E-state index contributed by atoms with van der Waals surface area (Å²) in [6.07, 6.45) is 0. The lowest BCUT2D eigenvalue weighted by Gasteiger charge is -2.08. The molecule has 0 radical (unpaired) electrons. The van der Waals surface area contributed by atoms with E-state index in [1.54, 1.807) is 11.6 Å². The Morgan fingerprint density at radius 2 is 1.86 bits per heavy atom. The van der Waals surface area contributed by atoms with Gasteiger partial charge in [0.25, 0.3) is 0 Å². The van der Waals surface area contributed by atoms with Crippen LogP contribution in [0.1, 0.15) is 16.2 Å². The van der Waals surface area contributed by atoms with Gasteiger partial charge in [0.2, 0.25) is 5.91 Å². The average Bonchev–Trinajstić information content (AvgIpc) is 3.45. The zero-order chi connectivity index (χ0) is 24.8. The summed E-state index contributed by atoms with van der Waals surface area (Å²) in [4.78, 5) is 25.1. The Hall–Kier alpha value is -3.70. The number of carbonyl (C=O) groups is 2. The molecule has 35 heavy (non-hydrogen) atoms. The van der Waals surface area contributed by atoms with Crippen molar-refractivity contribution in [2.75, 3.05) is 18.2 Å². The van der Waals surface area contributed by atoms with Crippen molar-refractivity contribution in [3.8, 4) is 16.9 Å². The van der Waals surface area contributed by atoms with E-state index in [0.29, 0.717) is 32.9 Å². The van der Waals surface area contributed by atoms with Crippen LogP contribution in [-0.4, -0.2) is 39.5 Å². The van der Waals surface area contributed by atoms with Gasteiger partial charge in [-0.25, -0.2) is 9.18 Å². The summed E-state index contributed by atoms with van der Waals surface area (Å²) >= 11 is 2.46. The minimum absolute atomic E-state index is 0.0595. The first-order valence-electron chi connectivity index (χ1n) is 10.4. The normalized spacial score (nSPS) is 10.7. The van der Waals surface area contributed by atoms with E-state index in [-0.39, 0.29) is 24.1 Å². The molecule has 4 rings (SSSR count). The molecule has 2 heterocycles. The summed E-state index contributed by atoms with van der Waals surface area (Å²) in [5.74, 6) is -0.0400. The van der Waals surface area contributed by atoms with E-state index >= 15 is 0 Å². The molecular formula is C24H21FN4O4S2. The first-order chi connectivity index (χ1) is 17.0. The van der Waals surface area contributed by atoms with Crippen molar-refractivity contribution in [2.24, 2.45) is 7.05 Å². The molecule has 0 unspecified atom stereocenters. The van der Waals surface area contributed by atoms with Crippen LogP contribution in [0.5, 0.6) is 5.75 Å². The summed E-state index contributed by atoms with van der Waals surface area (Å²) in [6.45, 7) is 0.141. The molecule has 0 saturated heterocycles. The molecule has 0 bridgehead atoms. The number of hydrogen-bond acceptors (Lipinski definition) is 8. The van der Waals surface area contributed by atoms with Crippen molar-refractivity contribution >= 4 is 40.0 Å². The summed E-state index contributed by atoms with van der Waals surface area (Å²) in [5.41, 5.74) is 1.87. The van der Waals surface area contributed by atoms with Crippen molar-refractivity contribution < 1.29 is 23.5 Å². The molecule has 0 aliphatic heterocycles. The fourth-order valence-corrected chi connectivity index (χ4v) is 4.86. The molecule has 0 atom stereocenters. The fourth-order valence-electron chi connectivity index (χ4n) is 3.15. The number of rotatable bonds is 9. The van der Waals surface area contributed by atoms with Gasteiger partial charge in [-0.05, 0) is 29.8 Å². The minimum atomic E-state index is -0.521. The van der Waals surface area contributed by atoms with Crippen LogP contribution < -0.4 is 10.1 Å². The number of anilines is 1. The van der Waals surface area contributed by atoms with E-state index in [1.165, 1.54) is 54.5 Å².